The van der Waals surface area contributed by atoms with Gasteiger partial charge in [0.25, 0.3) is 0 Å². The highest BCUT2D eigenvalue weighted by Gasteiger charge is 1.96. The van der Waals surface area contributed by atoms with Crippen molar-refractivity contribution in [2.75, 3.05) is 0 Å². The molecule has 0 saturated carbocycles. The maximum atomic E-state index is 13.3. The fraction of sp³-hybridized carbons (Fsp3) is 0. The van der Waals surface area contributed by atoms with Gasteiger partial charge in [0.1, 0.15) is 11.6 Å². The number of carbonyl (C=O) groups is 1. The van der Waals surface area contributed by atoms with E-state index in [0.29, 0.717) is 5.56 Å². The van der Waals surface area contributed by atoms with Crippen molar-refractivity contribution >= 4 is 17.9 Å². The predicted octanol–water partition coefficient (Wildman–Crippen LogP) is 3.83. The molecule has 2 aromatic rings. The Bertz CT molecular complexity index is 672. The highest BCUT2D eigenvalue weighted by molar-refractivity contribution is 6.04. The van der Waals surface area contributed by atoms with Crippen molar-refractivity contribution < 1.29 is 14.3 Å². The van der Waals surface area contributed by atoms with E-state index >= 15 is 0 Å². The predicted molar refractivity (Wildman–Crippen MR) is 77.6 cm³/mol. The van der Waals surface area contributed by atoms with Gasteiger partial charge in [0, 0.05) is 5.56 Å². The zero-order valence-electron chi connectivity index (χ0n) is 10.7. The van der Waals surface area contributed by atoms with E-state index in [1.165, 1.54) is 24.3 Å². The molecule has 0 aliphatic carbocycles. The van der Waals surface area contributed by atoms with Gasteiger partial charge in [0.15, 0.2) is 5.78 Å². The van der Waals surface area contributed by atoms with Crippen LogP contribution in [-0.4, -0.2) is 10.9 Å². The standard InChI is InChI=1S/C17H13FO2/c18-17-7-2-1-5-14(17)9-11-15(19)10-8-13-4-3-6-16(20)12-13/h1-12,20H/b10-8+,11-9+. The van der Waals surface area contributed by atoms with E-state index in [1.807, 2.05) is 0 Å². The summed E-state index contributed by atoms with van der Waals surface area (Å²) in [6.07, 6.45) is 5.70. The molecule has 0 fully saturated rings. The van der Waals surface area contributed by atoms with Crippen molar-refractivity contribution in [3.8, 4) is 5.75 Å². The van der Waals surface area contributed by atoms with Crippen LogP contribution >= 0.6 is 0 Å². The second-order valence-corrected chi connectivity index (χ2v) is 4.19. The number of hydrogen-bond acceptors (Lipinski definition) is 2. The van der Waals surface area contributed by atoms with Gasteiger partial charge < -0.3 is 5.11 Å². The number of allylic oxidation sites excluding steroid dienone is 2. The average Bonchev–Trinajstić information content (AvgIpc) is 2.44. The molecule has 3 heteroatoms. The van der Waals surface area contributed by atoms with E-state index in [4.69, 9.17) is 0 Å². The number of halogens is 1. The van der Waals surface area contributed by atoms with Crippen molar-refractivity contribution in [2.45, 2.75) is 0 Å². The van der Waals surface area contributed by atoms with Gasteiger partial charge in [0.2, 0.25) is 0 Å². The zero-order valence-corrected chi connectivity index (χ0v) is 10.7. The monoisotopic (exact) mass is 268 g/mol. The molecule has 100 valence electrons. The summed E-state index contributed by atoms with van der Waals surface area (Å²) in [6, 6.07) is 12.8. The maximum Gasteiger partial charge on any atom is 0.178 e. The highest BCUT2D eigenvalue weighted by atomic mass is 19.1. The third-order valence-electron chi connectivity index (χ3n) is 2.64. The second-order valence-electron chi connectivity index (χ2n) is 4.19. The Kier molecular flexibility index (Phi) is 4.45. The lowest BCUT2D eigenvalue weighted by Crippen LogP contribution is -1.86. The molecule has 0 aliphatic rings. The van der Waals surface area contributed by atoms with E-state index in [2.05, 4.69) is 0 Å². The Hall–Kier alpha value is -2.68. The van der Waals surface area contributed by atoms with Gasteiger partial charge in [-0.05, 0) is 42.0 Å². The first-order chi connectivity index (χ1) is 9.65. The Morgan fingerprint density at radius 2 is 1.75 bits per heavy atom. The SMILES string of the molecule is O=C(/C=C/c1cccc(O)c1)/C=C/c1ccccc1F. The van der Waals surface area contributed by atoms with Crippen LogP contribution in [-0.2, 0) is 4.79 Å². The number of rotatable bonds is 4. The van der Waals surface area contributed by atoms with Crippen molar-refractivity contribution in [1.82, 2.24) is 0 Å². The van der Waals surface area contributed by atoms with Crippen molar-refractivity contribution in [2.24, 2.45) is 0 Å². The summed E-state index contributed by atoms with van der Waals surface area (Å²) in [5.41, 5.74) is 1.09. The minimum Gasteiger partial charge on any atom is -0.508 e. The molecule has 0 bridgehead atoms. The van der Waals surface area contributed by atoms with Gasteiger partial charge in [-0.1, -0.05) is 36.4 Å². The van der Waals surface area contributed by atoms with Gasteiger partial charge in [-0.15, -0.1) is 0 Å². The number of phenolic OH excluding ortho intramolecular Hbond substituents is 1. The molecule has 2 nitrogen and oxygen atoms in total. The third-order valence-corrected chi connectivity index (χ3v) is 2.64. The molecule has 2 aromatic carbocycles. The van der Waals surface area contributed by atoms with Gasteiger partial charge in [-0.2, -0.15) is 0 Å². The minimum absolute atomic E-state index is 0.140. The topological polar surface area (TPSA) is 37.3 Å². The number of aromatic hydroxyl groups is 1. The summed E-state index contributed by atoms with van der Waals surface area (Å²) < 4.78 is 13.3. The molecule has 0 unspecified atom stereocenters. The van der Waals surface area contributed by atoms with Crippen LogP contribution in [0.15, 0.2) is 60.7 Å². The molecular formula is C17H13FO2. The summed E-state index contributed by atoms with van der Waals surface area (Å²) in [7, 11) is 0. The van der Waals surface area contributed by atoms with Crippen LogP contribution in [0.25, 0.3) is 12.2 Å². The molecule has 1 N–H and O–H groups in total. The van der Waals surface area contributed by atoms with Crippen LogP contribution < -0.4 is 0 Å². The van der Waals surface area contributed by atoms with E-state index in [-0.39, 0.29) is 17.3 Å². The van der Waals surface area contributed by atoms with Gasteiger partial charge in [-0.3, -0.25) is 4.79 Å². The van der Waals surface area contributed by atoms with Crippen molar-refractivity contribution in [1.29, 1.82) is 0 Å². The summed E-state index contributed by atoms with van der Waals surface area (Å²) in [5, 5.41) is 9.29. The van der Waals surface area contributed by atoms with E-state index in [1.54, 1.807) is 48.5 Å². The summed E-state index contributed by atoms with van der Waals surface area (Å²) in [6.45, 7) is 0. The molecule has 0 aliphatic heterocycles. The molecule has 0 amide bonds. The minimum atomic E-state index is -0.367. The van der Waals surface area contributed by atoms with Gasteiger partial charge in [-0.25, -0.2) is 4.39 Å². The highest BCUT2D eigenvalue weighted by Crippen LogP contribution is 2.12. The Morgan fingerprint density at radius 1 is 1.00 bits per heavy atom. The molecular weight excluding hydrogens is 255 g/mol. The molecule has 20 heavy (non-hydrogen) atoms. The Balaban J connectivity index is 2.04. The number of carbonyl (C=O) groups excluding carboxylic acids is 1. The summed E-state index contributed by atoms with van der Waals surface area (Å²) in [4.78, 5) is 11.6. The second kappa shape index (κ2) is 6.48. The van der Waals surface area contributed by atoms with E-state index < -0.39 is 0 Å². The first kappa shape index (κ1) is 13.7. The molecule has 0 atom stereocenters. The van der Waals surface area contributed by atoms with E-state index in [9.17, 15) is 14.3 Å². The first-order valence-corrected chi connectivity index (χ1v) is 6.09. The number of phenols is 1. The Morgan fingerprint density at radius 3 is 2.50 bits per heavy atom. The molecule has 0 saturated heterocycles. The van der Waals surface area contributed by atoms with Crippen LogP contribution in [0, 0.1) is 5.82 Å². The maximum absolute atomic E-state index is 13.3. The number of ketones is 1. The van der Waals surface area contributed by atoms with Crippen LogP contribution in [0.4, 0.5) is 4.39 Å². The fourth-order valence-electron chi connectivity index (χ4n) is 1.64. The Labute approximate surface area is 116 Å². The third kappa shape index (κ3) is 3.92. The normalized spacial score (nSPS) is 11.2. The average molecular weight is 268 g/mol. The smallest absolute Gasteiger partial charge is 0.178 e. The summed E-state index contributed by atoms with van der Waals surface area (Å²) in [5.74, 6) is -0.480. The quantitative estimate of drug-likeness (QED) is 0.856. The van der Waals surface area contributed by atoms with Crippen molar-refractivity contribution in [3.63, 3.8) is 0 Å². The van der Waals surface area contributed by atoms with E-state index in [0.717, 1.165) is 5.56 Å². The molecule has 0 aromatic heterocycles. The van der Waals surface area contributed by atoms with Crippen LogP contribution in [0.3, 0.4) is 0 Å². The largest absolute Gasteiger partial charge is 0.508 e. The molecule has 0 radical (unpaired) electrons. The molecule has 0 heterocycles. The van der Waals surface area contributed by atoms with Crippen LogP contribution in [0.1, 0.15) is 11.1 Å². The lowest BCUT2D eigenvalue weighted by atomic mass is 10.1. The lowest BCUT2D eigenvalue weighted by Gasteiger charge is -1.95. The number of benzene rings is 2. The fourth-order valence-corrected chi connectivity index (χ4v) is 1.64. The van der Waals surface area contributed by atoms with Gasteiger partial charge in [0.05, 0.1) is 0 Å². The summed E-state index contributed by atoms with van der Waals surface area (Å²) >= 11 is 0. The van der Waals surface area contributed by atoms with Gasteiger partial charge >= 0.3 is 0 Å². The van der Waals surface area contributed by atoms with Crippen molar-refractivity contribution in [3.05, 3.63) is 77.6 Å². The molecule has 2 rings (SSSR count). The lowest BCUT2D eigenvalue weighted by molar-refractivity contribution is -0.110. The number of hydrogen-bond donors (Lipinski definition) is 1. The van der Waals surface area contributed by atoms with Crippen LogP contribution in [0.2, 0.25) is 0 Å². The van der Waals surface area contributed by atoms with Crippen LogP contribution in [0.5, 0.6) is 5.75 Å². The first-order valence-electron chi connectivity index (χ1n) is 6.09. The zero-order chi connectivity index (χ0) is 14.4. The molecule has 0 spiro atoms.